The number of carbonyl (C=O) groups excluding carboxylic acids is 2. The molecule has 3 heterocycles. The molecule has 0 unspecified atom stereocenters. The Morgan fingerprint density at radius 1 is 1.08 bits per heavy atom. The van der Waals surface area contributed by atoms with Gasteiger partial charge in [-0.05, 0) is 64.0 Å². The maximum atomic E-state index is 12.7. The van der Waals surface area contributed by atoms with Gasteiger partial charge in [0.25, 0.3) is 5.91 Å². The van der Waals surface area contributed by atoms with Gasteiger partial charge in [-0.1, -0.05) is 12.8 Å². The molecule has 1 aromatic carbocycles. The summed E-state index contributed by atoms with van der Waals surface area (Å²) in [6.45, 7) is 2.55. The Kier molecular flexibility index (Phi) is 6.95. The average Bonchev–Trinajstić information content (AvgIpc) is 3.37. The van der Waals surface area contributed by atoms with E-state index in [1.165, 1.54) is 18.9 Å². The summed E-state index contributed by atoms with van der Waals surface area (Å²) in [7, 11) is 3.84. The first-order valence-electron chi connectivity index (χ1n) is 12.9. The molecule has 2 aliphatic heterocycles. The Morgan fingerprint density at radius 3 is 2.56 bits per heavy atom. The minimum Gasteiger partial charge on any atom is -0.506 e. The summed E-state index contributed by atoms with van der Waals surface area (Å²) in [5.41, 5.74) is 1.52. The molecule has 36 heavy (non-hydrogen) atoms. The molecule has 1 aromatic heterocycles. The highest BCUT2D eigenvalue weighted by atomic mass is 16.3. The molecule has 1 aliphatic carbocycles. The van der Waals surface area contributed by atoms with Gasteiger partial charge in [0.05, 0.1) is 11.9 Å². The van der Waals surface area contributed by atoms with Crippen LogP contribution in [0.1, 0.15) is 55.3 Å². The van der Waals surface area contributed by atoms with Crippen molar-refractivity contribution in [2.24, 2.45) is 0 Å². The summed E-state index contributed by atoms with van der Waals surface area (Å²) in [6.07, 6.45) is 8.48. The molecule has 192 valence electrons. The van der Waals surface area contributed by atoms with Gasteiger partial charge in [-0.2, -0.15) is 4.98 Å². The van der Waals surface area contributed by atoms with Gasteiger partial charge in [0.1, 0.15) is 11.4 Å². The van der Waals surface area contributed by atoms with E-state index in [1.807, 2.05) is 0 Å². The SMILES string of the molecule is CN1CCC(NC(=O)c2ccc(Nc3ncc4c(n3)N(C3CCCC3)CCC(=O)N4C)c(O)c2)CC1. The molecule has 2 fully saturated rings. The molecule has 0 atom stereocenters. The first kappa shape index (κ1) is 24.3. The van der Waals surface area contributed by atoms with Crippen LogP contribution in [0.25, 0.3) is 0 Å². The van der Waals surface area contributed by atoms with Crippen molar-refractivity contribution >= 4 is 35.0 Å². The van der Waals surface area contributed by atoms with Crippen molar-refractivity contribution in [2.45, 2.75) is 57.0 Å². The van der Waals surface area contributed by atoms with E-state index in [0.29, 0.717) is 41.9 Å². The highest BCUT2D eigenvalue weighted by Crippen LogP contribution is 2.36. The third-order valence-corrected chi connectivity index (χ3v) is 7.65. The number of piperidine rings is 1. The number of amides is 2. The highest BCUT2D eigenvalue weighted by Gasteiger charge is 2.31. The number of rotatable bonds is 5. The molecule has 1 saturated carbocycles. The van der Waals surface area contributed by atoms with E-state index in [4.69, 9.17) is 4.98 Å². The number of carbonyl (C=O) groups is 2. The van der Waals surface area contributed by atoms with Crippen LogP contribution in [0.4, 0.5) is 23.1 Å². The predicted molar refractivity (Wildman–Crippen MR) is 139 cm³/mol. The molecule has 10 nitrogen and oxygen atoms in total. The Balaban J connectivity index is 1.33. The van der Waals surface area contributed by atoms with Gasteiger partial charge in [0.2, 0.25) is 11.9 Å². The number of fused-ring (bicyclic) bond motifs is 1. The van der Waals surface area contributed by atoms with E-state index in [9.17, 15) is 14.7 Å². The van der Waals surface area contributed by atoms with Gasteiger partial charge in [0.15, 0.2) is 5.82 Å². The third-order valence-electron chi connectivity index (χ3n) is 7.65. The van der Waals surface area contributed by atoms with Crippen molar-refractivity contribution in [1.29, 1.82) is 0 Å². The van der Waals surface area contributed by atoms with Gasteiger partial charge in [0, 0.05) is 37.7 Å². The van der Waals surface area contributed by atoms with Crippen molar-refractivity contribution in [1.82, 2.24) is 20.2 Å². The summed E-state index contributed by atoms with van der Waals surface area (Å²) in [5, 5.41) is 16.8. The van der Waals surface area contributed by atoms with Crippen molar-refractivity contribution in [2.75, 3.05) is 48.8 Å². The second-order valence-electron chi connectivity index (χ2n) is 10.1. The van der Waals surface area contributed by atoms with Gasteiger partial charge >= 0.3 is 0 Å². The van der Waals surface area contributed by atoms with E-state index in [1.54, 1.807) is 30.3 Å². The number of nitrogens with one attached hydrogen (secondary N) is 2. The molecule has 0 spiro atoms. The van der Waals surface area contributed by atoms with Crippen LogP contribution in [-0.4, -0.2) is 77.6 Å². The second kappa shape index (κ2) is 10.3. The number of nitrogens with zero attached hydrogens (tertiary/aromatic N) is 5. The number of phenols is 1. The molecule has 1 saturated heterocycles. The number of hydrogen-bond donors (Lipinski definition) is 3. The molecule has 3 N–H and O–H groups in total. The van der Waals surface area contributed by atoms with Crippen molar-refractivity contribution in [3.05, 3.63) is 30.0 Å². The smallest absolute Gasteiger partial charge is 0.251 e. The molecule has 10 heteroatoms. The lowest BCUT2D eigenvalue weighted by atomic mass is 10.0. The third kappa shape index (κ3) is 5.09. The minimum atomic E-state index is -0.187. The van der Waals surface area contributed by atoms with E-state index in [0.717, 1.165) is 44.6 Å². The molecule has 5 rings (SSSR count). The molecule has 3 aliphatic rings. The normalized spacial score (nSPS) is 19.8. The van der Waals surface area contributed by atoms with Crippen molar-refractivity contribution < 1.29 is 14.7 Å². The zero-order valence-electron chi connectivity index (χ0n) is 21.0. The van der Waals surface area contributed by atoms with Crippen molar-refractivity contribution in [3.8, 4) is 5.75 Å². The zero-order valence-corrected chi connectivity index (χ0v) is 21.0. The zero-order chi connectivity index (χ0) is 25.2. The second-order valence-corrected chi connectivity index (χ2v) is 10.1. The highest BCUT2D eigenvalue weighted by molar-refractivity contribution is 5.97. The first-order valence-corrected chi connectivity index (χ1v) is 12.9. The number of anilines is 4. The summed E-state index contributed by atoms with van der Waals surface area (Å²) in [5.74, 6) is 0.879. The quantitative estimate of drug-likeness (QED) is 0.545. The van der Waals surface area contributed by atoms with Crippen LogP contribution < -0.4 is 20.4 Å². The standard InChI is InChI=1S/C26H35N7O3/c1-31-12-9-18(10-13-31)28-25(36)17-7-8-20(22(34)15-17)29-26-27-16-21-24(30-26)33(19-5-3-4-6-19)14-11-23(35)32(21)2/h7-8,15-16,18-19,34H,3-6,9-14H2,1-2H3,(H,28,36)(H,27,29,30). The Labute approximate surface area is 211 Å². The number of benzene rings is 1. The number of aromatic hydroxyl groups is 1. The maximum absolute atomic E-state index is 12.7. The molecule has 2 amide bonds. The Hall–Kier alpha value is -3.40. The van der Waals surface area contributed by atoms with Gasteiger partial charge in [-0.3, -0.25) is 9.59 Å². The van der Waals surface area contributed by atoms with Crippen molar-refractivity contribution in [3.63, 3.8) is 0 Å². The lowest BCUT2D eigenvalue weighted by Gasteiger charge is -2.30. The largest absolute Gasteiger partial charge is 0.506 e. The van der Waals surface area contributed by atoms with Crippen LogP contribution in [0.3, 0.4) is 0 Å². The van der Waals surface area contributed by atoms with E-state index in [2.05, 4.69) is 32.5 Å². The minimum absolute atomic E-state index is 0.0489. The summed E-state index contributed by atoms with van der Waals surface area (Å²) < 4.78 is 0. The number of likely N-dealkylation sites (tertiary alicyclic amines) is 1. The van der Waals surface area contributed by atoms with Crippen LogP contribution in [0.5, 0.6) is 5.75 Å². The number of phenolic OH excluding ortho intramolecular Hbond substituents is 1. The predicted octanol–water partition coefficient (Wildman–Crippen LogP) is 2.87. The Bertz CT molecular complexity index is 1130. The average molecular weight is 494 g/mol. The van der Waals surface area contributed by atoms with E-state index < -0.39 is 0 Å². The maximum Gasteiger partial charge on any atom is 0.251 e. The lowest BCUT2D eigenvalue weighted by Crippen LogP contribution is -2.43. The fourth-order valence-electron chi connectivity index (χ4n) is 5.39. The van der Waals surface area contributed by atoms with E-state index >= 15 is 0 Å². The summed E-state index contributed by atoms with van der Waals surface area (Å²) in [6, 6.07) is 5.33. The van der Waals surface area contributed by atoms with Gasteiger partial charge in [-0.25, -0.2) is 4.98 Å². The van der Waals surface area contributed by atoms with Crippen LogP contribution in [0, 0.1) is 0 Å². The van der Waals surface area contributed by atoms with Crippen LogP contribution in [0.15, 0.2) is 24.4 Å². The molecule has 0 radical (unpaired) electrons. The fourth-order valence-corrected chi connectivity index (χ4v) is 5.39. The topological polar surface area (TPSA) is 114 Å². The monoisotopic (exact) mass is 493 g/mol. The number of aromatic nitrogens is 2. The lowest BCUT2D eigenvalue weighted by molar-refractivity contribution is -0.118. The summed E-state index contributed by atoms with van der Waals surface area (Å²) in [4.78, 5) is 40.6. The van der Waals surface area contributed by atoms with Crippen LogP contribution in [-0.2, 0) is 4.79 Å². The summed E-state index contributed by atoms with van der Waals surface area (Å²) >= 11 is 0. The number of hydrogen-bond acceptors (Lipinski definition) is 8. The van der Waals surface area contributed by atoms with Gasteiger partial charge in [-0.15, -0.1) is 0 Å². The van der Waals surface area contributed by atoms with Gasteiger partial charge < -0.3 is 30.4 Å². The molecule has 2 aromatic rings. The van der Waals surface area contributed by atoms with E-state index in [-0.39, 0.29) is 23.6 Å². The van der Waals surface area contributed by atoms with Crippen LogP contribution in [0.2, 0.25) is 0 Å². The molecular weight excluding hydrogens is 458 g/mol. The first-order chi connectivity index (χ1) is 17.4. The molecule has 0 bridgehead atoms. The fraction of sp³-hybridized carbons (Fsp3) is 0.538. The Morgan fingerprint density at radius 2 is 1.83 bits per heavy atom. The van der Waals surface area contributed by atoms with Crippen LogP contribution >= 0.6 is 0 Å². The molecular formula is C26H35N7O3.